The number of sulfonamides is 1. The van der Waals surface area contributed by atoms with Gasteiger partial charge in [0.05, 0.1) is 11.9 Å². The van der Waals surface area contributed by atoms with Crippen molar-refractivity contribution in [2.75, 3.05) is 25.4 Å². The molecule has 0 aromatic heterocycles. The van der Waals surface area contributed by atoms with Crippen LogP contribution < -0.4 is 10.0 Å². The molecule has 0 aromatic rings. The Bertz CT molecular complexity index is 364. The fourth-order valence-corrected chi connectivity index (χ4v) is 4.33. The van der Waals surface area contributed by atoms with Gasteiger partial charge in [-0.1, -0.05) is 25.7 Å². The van der Waals surface area contributed by atoms with Crippen LogP contribution in [0.25, 0.3) is 0 Å². The molecule has 1 aliphatic carbocycles. The molecule has 0 bridgehead atoms. The second kappa shape index (κ2) is 10.0. The van der Waals surface area contributed by atoms with E-state index in [1.165, 1.54) is 38.5 Å². The summed E-state index contributed by atoms with van der Waals surface area (Å²) < 4.78 is 31.8. The second-order valence-electron chi connectivity index (χ2n) is 5.95. The minimum atomic E-state index is -3.19. The predicted octanol–water partition coefficient (Wildman–Crippen LogP) is 1.82. The Kier molecular flexibility index (Phi) is 9.13. The van der Waals surface area contributed by atoms with Crippen molar-refractivity contribution in [1.29, 1.82) is 0 Å². The number of hydrogen-bond acceptors (Lipinski definition) is 4. The predicted molar refractivity (Wildman–Crippen MR) is 87.5 cm³/mol. The lowest BCUT2D eigenvalue weighted by Gasteiger charge is -2.16. The van der Waals surface area contributed by atoms with Gasteiger partial charge in [0.25, 0.3) is 0 Å². The Labute approximate surface area is 135 Å². The molecule has 126 valence electrons. The van der Waals surface area contributed by atoms with Gasteiger partial charge in [-0.15, -0.1) is 12.4 Å². The number of rotatable bonds is 7. The Morgan fingerprint density at radius 3 is 2.29 bits per heavy atom. The zero-order valence-corrected chi connectivity index (χ0v) is 14.3. The summed E-state index contributed by atoms with van der Waals surface area (Å²) in [4.78, 5) is 0. The fraction of sp³-hybridized carbons (Fsp3) is 1.00. The van der Waals surface area contributed by atoms with Crippen LogP contribution in [0.1, 0.15) is 51.4 Å². The topological polar surface area (TPSA) is 67.4 Å². The zero-order valence-electron chi connectivity index (χ0n) is 12.7. The summed E-state index contributed by atoms with van der Waals surface area (Å²) in [6.45, 7) is 1.89. The van der Waals surface area contributed by atoms with Crippen molar-refractivity contribution in [2.45, 2.75) is 63.5 Å². The largest absolute Gasteiger partial charge is 0.377 e. The first-order valence-electron chi connectivity index (χ1n) is 7.98. The van der Waals surface area contributed by atoms with Gasteiger partial charge >= 0.3 is 0 Å². The van der Waals surface area contributed by atoms with E-state index in [4.69, 9.17) is 4.74 Å². The molecule has 2 rings (SSSR count). The van der Waals surface area contributed by atoms with Crippen LogP contribution in [0, 0.1) is 0 Å². The molecule has 1 saturated carbocycles. The summed E-state index contributed by atoms with van der Waals surface area (Å²) in [5, 5.41) is 3.47. The average Bonchev–Trinajstić information content (AvgIpc) is 2.76. The number of hydrogen-bond donors (Lipinski definition) is 2. The van der Waals surface area contributed by atoms with Crippen LogP contribution in [0.2, 0.25) is 0 Å². The smallest absolute Gasteiger partial charge is 0.214 e. The van der Waals surface area contributed by atoms with E-state index < -0.39 is 10.0 Å². The van der Waals surface area contributed by atoms with Gasteiger partial charge in [-0.05, 0) is 25.7 Å². The number of ether oxygens (including phenoxy) is 1. The van der Waals surface area contributed by atoms with E-state index >= 15 is 0 Å². The van der Waals surface area contributed by atoms with Crippen molar-refractivity contribution in [1.82, 2.24) is 10.0 Å². The summed E-state index contributed by atoms with van der Waals surface area (Å²) in [5.74, 6) is 0.108. The van der Waals surface area contributed by atoms with Crippen LogP contribution in [-0.2, 0) is 14.8 Å². The highest BCUT2D eigenvalue weighted by Crippen LogP contribution is 2.17. The molecule has 0 radical (unpaired) electrons. The van der Waals surface area contributed by atoms with Gasteiger partial charge < -0.3 is 10.1 Å². The molecule has 1 heterocycles. The highest BCUT2D eigenvalue weighted by atomic mass is 35.5. The summed E-state index contributed by atoms with van der Waals surface area (Å²) in [7, 11) is -3.19. The normalized spacial score (nSPS) is 24.5. The van der Waals surface area contributed by atoms with E-state index in [1.807, 2.05) is 0 Å². The van der Waals surface area contributed by atoms with Gasteiger partial charge in [0, 0.05) is 25.7 Å². The van der Waals surface area contributed by atoms with E-state index in [0.717, 1.165) is 19.4 Å². The Hall–Kier alpha value is 0.120. The first-order chi connectivity index (χ1) is 9.66. The molecule has 1 saturated heterocycles. The van der Waals surface area contributed by atoms with Crippen molar-refractivity contribution in [3.63, 3.8) is 0 Å². The summed E-state index contributed by atoms with van der Waals surface area (Å²) >= 11 is 0. The average molecular weight is 341 g/mol. The van der Waals surface area contributed by atoms with Crippen molar-refractivity contribution < 1.29 is 13.2 Å². The Morgan fingerprint density at radius 1 is 0.952 bits per heavy atom. The molecule has 2 aliphatic rings. The summed E-state index contributed by atoms with van der Waals surface area (Å²) in [6.07, 6.45) is 9.45. The van der Waals surface area contributed by atoms with Crippen molar-refractivity contribution in [2.24, 2.45) is 0 Å². The van der Waals surface area contributed by atoms with Gasteiger partial charge in [0.2, 0.25) is 10.0 Å². The molecular formula is C14H29ClN2O3S. The molecule has 1 atom stereocenters. The van der Waals surface area contributed by atoms with E-state index in [0.29, 0.717) is 19.2 Å². The van der Waals surface area contributed by atoms with Crippen molar-refractivity contribution in [3.05, 3.63) is 0 Å². The zero-order chi connectivity index (χ0) is 14.3. The summed E-state index contributed by atoms with van der Waals surface area (Å²) in [5.41, 5.74) is 0. The van der Waals surface area contributed by atoms with Crippen LogP contribution >= 0.6 is 12.4 Å². The second-order valence-corrected chi connectivity index (χ2v) is 7.80. The van der Waals surface area contributed by atoms with E-state index in [9.17, 15) is 8.42 Å². The maximum absolute atomic E-state index is 11.9. The minimum Gasteiger partial charge on any atom is -0.377 e. The third-order valence-electron chi connectivity index (χ3n) is 4.16. The Morgan fingerprint density at radius 2 is 1.67 bits per heavy atom. The van der Waals surface area contributed by atoms with Crippen molar-refractivity contribution >= 4 is 22.4 Å². The molecule has 2 N–H and O–H groups in total. The highest BCUT2D eigenvalue weighted by molar-refractivity contribution is 7.89. The van der Waals surface area contributed by atoms with Gasteiger partial charge in [0.1, 0.15) is 0 Å². The van der Waals surface area contributed by atoms with Gasteiger partial charge in [-0.25, -0.2) is 13.1 Å². The molecule has 0 spiro atoms. The van der Waals surface area contributed by atoms with Crippen LogP contribution in [0.15, 0.2) is 0 Å². The van der Waals surface area contributed by atoms with Crippen LogP contribution in [0.3, 0.4) is 0 Å². The summed E-state index contributed by atoms with van der Waals surface area (Å²) in [6, 6.07) is 0.570. The molecule has 21 heavy (non-hydrogen) atoms. The maximum atomic E-state index is 11.9. The van der Waals surface area contributed by atoms with E-state index in [2.05, 4.69) is 10.0 Å². The van der Waals surface area contributed by atoms with E-state index in [-0.39, 0.29) is 24.3 Å². The van der Waals surface area contributed by atoms with Gasteiger partial charge in [0.15, 0.2) is 0 Å². The third-order valence-corrected chi connectivity index (χ3v) is 5.62. The molecule has 5 nitrogen and oxygen atoms in total. The maximum Gasteiger partial charge on any atom is 0.214 e. The third kappa shape index (κ3) is 7.79. The van der Waals surface area contributed by atoms with Gasteiger partial charge in [-0.3, -0.25) is 0 Å². The molecule has 1 unspecified atom stereocenters. The number of nitrogens with one attached hydrogen (secondary N) is 2. The van der Waals surface area contributed by atoms with E-state index in [1.54, 1.807) is 0 Å². The van der Waals surface area contributed by atoms with Crippen LogP contribution in [-0.4, -0.2) is 46.0 Å². The highest BCUT2D eigenvalue weighted by Gasteiger charge is 2.22. The van der Waals surface area contributed by atoms with Crippen LogP contribution in [0.4, 0.5) is 0 Å². The quantitative estimate of drug-likeness (QED) is 0.548. The minimum absolute atomic E-state index is 0. The first kappa shape index (κ1) is 19.2. The molecular weight excluding hydrogens is 312 g/mol. The molecule has 0 aromatic carbocycles. The standard InChI is InChI=1S/C14H28N2O3S.ClH/c17-20(18,12-14-8-5-11-19-14)16-10-9-15-13-6-3-1-2-4-7-13;/h13-16H,1-12H2;1H. The monoisotopic (exact) mass is 340 g/mol. The van der Waals surface area contributed by atoms with Crippen LogP contribution in [0.5, 0.6) is 0 Å². The Balaban J connectivity index is 0.00000220. The first-order valence-corrected chi connectivity index (χ1v) is 9.63. The lowest BCUT2D eigenvalue weighted by molar-refractivity contribution is 0.127. The SMILES string of the molecule is Cl.O=S(=O)(CC1CCCO1)NCCNC1CCCCCC1. The molecule has 2 fully saturated rings. The molecule has 1 aliphatic heterocycles. The fourth-order valence-electron chi connectivity index (χ4n) is 3.05. The lowest BCUT2D eigenvalue weighted by Crippen LogP contribution is -2.39. The van der Waals surface area contributed by atoms with Crippen molar-refractivity contribution in [3.8, 4) is 0 Å². The molecule has 0 amide bonds. The van der Waals surface area contributed by atoms with Gasteiger partial charge in [-0.2, -0.15) is 0 Å². The number of halogens is 1. The lowest BCUT2D eigenvalue weighted by atomic mass is 10.1. The molecule has 7 heteroatoms.